The van der Waals surface area contributed by atoms with Crippen molar-refractivity contribution in [1.29, 1.82) is 0 Å². The van der Waals surface area contributed by atoms with E-state index in [4.69, 9.17) is 4.74 Å². The minimum Gasteiger partial charge on any atom is -0.384 e. The van der Waals surface area contributed by atoms with E-state index in [9.17, 15) is 8.42 Å². The summed E-state index contributed by atoms with van der Waals surface area (Å²) in [5.41, 5.74) is 1.03. The molecule has 5 nitrogen and oxygen atoms in total. The van der Waals surface area contributed by atoms with Gasteiger partial charge in [0.25, 0.3) is 10.0 Å². The normalized spacial score (nSPS) is 20.6. The summed E-state index contributed by atoms with van der Waals surface area (Å²) >= 11 is 1.31. The summed E-state index contributed by atoms with van der Waals surface area (Å²) in [4.78, 5) is 0. The standard InChI is InChI=1S/C13H22N2O3S2/c1-3-14-7-12-6-13(19-10-12)20(16,17)15-5-4-11(8-15)9-18-2/h6,10-11,14H,3-5,7-9H2,1-2H3. The average molecular weight is 318 g/mol. The Labute approximate surface area is 125 Å². The highest BCUT2D eigenvalue weighted by atomic mass is 32.2. The van der Waals surface area contributed by atoms with Crippen LogP contribution in [0.25, 0.3) is 0 Å². The first-order valence-corrected chi connectivity index (χ1v) is 9.17. The van der Waals surface area contributed by atoms with Crippen molar-refractivity contribution < 1.29 is 13.2 Å². The maximum absolute atomic E-state index is 12.5. The van der Waals surface area contributed by atoms with E-state index in [1.807, 2.05) is 12.3 Å². The summed E-state index contributed by atoms with van der Waals surface area (Å²) in [5, 5.41) is 5.12. The monoisotopic (exact) mass is 318 g/mol. The van der Waals surface area contributed by atoms with Crippen LogP contribution in [0.4, 0.5) is 0 Å². The zero-order valence-electron chi connectivity index (χ0n) is 12.0. The fourth-order valence-corrected chi connectivity index (χ4v) is 5.26. The van der Waals surface area contributed by atoms with Crippen LogP contribution in [-0.2, 0) is 21.3 Å². The van der Waals surface area contributed by atoms with Gasteiger partial charge in [-0.05, 0) is 35.9 Å². The van der Waals surface area contributed by atoms with Crippen LogP contribution >= 0.6 is 11.3 Å². The van der Waals surface area contributed by atoms with Crippen molar-refractivity contribution >= 4 is 21.4 Å². The summed E-state index contributed by atoms with van der Waals surface area (Å²) in [5.74, 6) is 0.316. The Hall–Kier alpha value is -0.470. The maximum Gasteiger partial charge on any atom is 0.252 e. The molecule has 1 fully saturated rings. The summed E-state index contributed by atoms with van der Waals surface area (Å²) in [6.07, 6.45) is 0.878. The van der Waals surface area contributed by atoms with Gasteiger partial charge in [-0.1, -0.05) is 6.92 Å². The third kappa shape index (κ3) is 3.59. The lowest BCUT2D eigenvalue weighted by atomic mass is 10.1. The van der Waals surface area contributed by atoms with Crippen LogP contribution in [0.2, 0.25) is 0 Å². The number of ether oxygens (including phenoxy) is 1. The molecule has 1 unspecified atom stereocenters. The van der Waals surface area contributed by atoms with Gasteiger partial charge in [-0.25, -0.2) is 8.42 Å². The molecule has 0 aromatic carbocycles. The zero-order chi connectivity index (χ0) is 14.6. The van der Waals surface area contributed by atoms with Crippen molar-refractivity contribution in [3.63, 3.8) is 0 Å². The Morgan fingerprint density at radius 2 is 2.35 bits per heavy atom. The molecule has 114 valence electrons. The van der Waals surface area contributed by atoms with Crippen molar-refractivity contribution in [3.05, 3.63) is 17.0 Å². The molecule has 1 aromatic rings. The van der Waals surface area contributed by atoms with E-state index in [0.29, 0.717) is 29.8 Å². The SMILES string of the molecule is CCNCc1csc(S(=O)(=O)N2CCC(COC)C2)c1. The highest BCUT2D eigenvalue weighted by Crippen LogP contribution is 2.28. The molecular weight excluding hydrogens is 296 g/mol. The van der Waals surface area contributed by atoms with Crippen molar-refractivity contribution in [1.82, 2.24) is 9.62 Å². The Bertz CT molecular complexity index is 527. The lowest BCUT2D eigenvalue weighted by Gasteiger charge is -2.15. The van der Waals surface area contributed by atoms with Crippen molar-refractivity contribution in [2.24, 2.45) is 5.92 Å². The fourth-order valence-electron chi connectivity index (χ4n) is 2.36. The first kappa shape index (κ1) is 15.9. The second-order valence-electron chi connectivity index (χ2n) is 5.03. The van der Waals surface area contributed by atoms with Crippen molar-refractivity contribution in [2.75, 3.05) is 33.4 Å². The molecule has 0 aliphatic carbocycles. The van der Waals surface area contributed by atoms with Crippen LogP contribution in [0.3, 0.4) is 0 Å². The van der Waals surface area contributed by atoms with E-state index < -0.39 is 10.0 Å². The molecule has 0 amide bonds. The highest BCUT2D eigenvalue weighted by molar-refractivity contribution is 7.91. The topological polar surface area (TPSA) is 58.6 Å². The highest BCUT2D eigenvalue weighted by Gasteiger charge is 2.33. The number of nitrogens with zero attached hydrogens (tertiary/aromatic N) is 1. The molecule has 0 radical (unpaired) electrons. The summed E-state index contributed by atoms with van der Waals surface area (Å²) in [7, 11) is -1.67. The largest absolute Gasteiger partial charge is 0.384 e. The van der Waals surface area contributed by atoms with E-state index >= 15 is 0 Å². The van der Waals surface area contributed by atoms with Crippen molar-refractivity contribution in [3.8, 4) is 0 Å². The number of thiophene rings is 1. The van der Waals surface area contributed by atoms with Gasteiger partial charge in [-0.15, -0.1) is 11.3 Å². The number of rotatable bonds is 7. The van der Waals surface area contributed by atoms with Crippen LogP contribution in [0, 0.1) is 5.92 Å². The molecule has 1 atom stereocenters. The molecule has 0 spiro atoms. The van der Waals surface area contributed by atoms with Crippen LogP contribution in [0.15, 0.2) is 15.7 Å². The van der Waals surface area contributed by atoms with Crippen LogP contribution in [0.1, 0.15) is 18.9 Å². The van der Waals surface area contributed by atoms with E-state index in [1.54, 1.807) is 17.5 Å². The first-order valence-electron chi connectivity index (χ1n) is 6.85. The number of hydrogen-bond acceptors (Lipinski definition) is 5. The number of sulfonamides is 1. The number of methoxy groups -OCH3 is 1. The second kappa shape index (κ2) is 7.00. The van der Waals surface area contributed by atoms with Gasteiger partial charge in [0.15, 0.2) is 0 Å². The first-order chi connectivity index (χ1) is 9.57. The zero-order valence-corrected chi connectivity index (χ0v) is 13.6. The van der Waals surface area contributed by atoms with Gasteiger partial charge in [0, 0.05) is 26.7 Å². The predicted molar refractivity (Wildman–Crippen MR) is 80.4 cm³/mol. The van der Waals surface area contributed by atoms with Crippen LogP contribution in [0.5, 0.6) is 0 Å². The Balaban J connectivity index is 2.05. The predicted octanol–water partition coefficient (Wildman–Crippen LogP) is 1.51. The van der Waals surface area contributed by atoms with Gasteiger partial charge < -0.3 is 10.1 Å². The van der Waals surface area contributed by atoms with Crippen LogP contribution < -0.4 is 5.32 Å². The van der Waals surface area contributed by atoms with E-state index in [-0.39, 0.29) is 0 Å². The molecule has 2 heterocycles. The third-order valence-electron chi connectivity index (χ3n) is 3.45. The molecule has 20 heavy (non-hydrogen) atoms. The third-order valence-corrected chi connectivity index (χ3v) is 6.78. The van der Waals surface area contributed by atoms with E-state index in [1.165, 1.54) is 11.3 Å². The van der Waals surface area contributed by atoms with Crippen molar-refractivity contribution in [2.45, 2.75) is 24.1 Å². The molecule has 7 heteroatoms. The van der Waals surface area contributed by atoms with Gasteiger partial charge in [0.05, 0.1) is 6.61 Å². The molecular formula is C13H22N2O3S2. The molecule has 1 aliphatic heterocycles. The fraction of sp³-hybridized carbons (Fsp3) is 0.692. The van der Waals surface area contributed by atoms with E-state index in [0.717, 1.165) is 25.1 Å². The van der Waals surface area contributed by atoms with Crippen LogP contribution in [-0.4, -0.2) is 46.1 Å². The summed E-state index contributed by atoms with van der Waals surface area (Å²) in [6, 6.07) is 1.78. The maximum atomic E-state index is 12.5. The lowest BCUT2D eigenvalue weighted by molar-refractivity contribution is 0.157. The molecule has 1 saturated heterocycles. The molecule has 1 aliphatic rings. The summed E-state index contributed by atoms with van der Waals surface area (Å²) < 4.78 is 32.2. The van der Waals surface area contributed by atoms with Gasteiger partial charge >= 0.3 is 0 Å². The smallest absolute Gasteiger partial charge is 0.252 e. The Morgan fingerprint density at radius 3 is 3.05 bits per heavy atom. The molecule has 1 aromatic heterocycles. The van der Waals surface area contributed by atoms with Gasteiger partial charge in [0.2, 0.25) is 0 Å². The van der Waals surface area contributed by atoms with E-state index in [2.05, 4.69) is 5.32 Å². The van der Waals surface area contributed by atoms with Gasteiger partial charge in [-0.3, -0.25) is 0 Å². The molecule has 2 rings (SSSR count). The average Bonchev–Trinajstić information content (AvgIpc) is 3.06. The second-order valence-corrected chi connectivity index (χ2v) is 8.10. The minimum atomic E-state index is -3.33. The van der Waals surface area contributed by atoms with Gasteiger partial charge in [0.1, 0.15) is 4.21 Å². The minimum absolute atomic E-state index is 0.316. The molecule has 1 N–H and O–H groups in total. The number of nitrogens with one attached hydrogen (secondary N) is 1. The molecule has 0 saturated carbocycles. The molecule has 0 bridgehead atoms. The Kier molecular flexibility index (Phi) is 5.57. The number of hydrogen-bond donors (Lipinski definition) is 1. The quantitative estimate of drug-likeness (QED) is 0.828. The van der Waals surface area contributed by atoms with Gasteiger partial charge in [-0.2, -0.15) is 4.31 Å². The summed E-state index contributed by atoms with van der Waals surface area (Å²) in [6.45, 7) is 5.41. The lowest BCUT2D eigenvalue weighted by Crippen LogP contribution is -2.28. The Morgan fingerprint density at radius 1 is 1.55 bits per heavy atom.